The molecule has 3 aliphatic rings. The maximum atomic E-state index is 14.0. The van der Waals surface area contributed by atoms with Crippen LogP contribution in [0, 0.1) is 0 Å². The number of rotatable bonds is 3. The van der Waals surface area contributed by atoms with Crippen molar-refractivity contribution in [2.24, 2.45) is 4.99 Å². The Kier molecular flexibility index (Phi) is 5.94. The Morgan fingerprint density at radius 1 is 1.06 bits per heavy atom. The molecule has 0 atom stereocenters. The van der Waals surface area contributed by atoms with Crippen molar-refractivity contribution in [2.45, 2.75) is 43.0 Å². The van der Waals surface area contributed by atoms with Crippen molar-refractivity contribution in [2.75, 3.05) is 19.1 Å². The quantitative estimate of drug-likeness (QED) is 0.379. The molecule has 1 saturated carbocycles. The van der Waals surface area contributed by atoms with E-state index in [0.717, 1.165) is 73.7 Å². The topological polar surface area (TPSA) is 58.0 Å². The summed E-state index contributed by atoms with van der Waals surface area (Å²) in [4.78, 5) is 29.5. The van der Waals surface area contributed by atoms with Crippen LogP contribution in [-0.2, 0) is 4.79 Å². The van der Waals surface area contributed by atoms with Crippen LogP contribution < -0.4 is 9.64 Å². The van der Waals surface area contributed by atoms with Gasteiger partial charge in [0.2, 0.25) is 0 Å². The van der Waals surface area contributed by atoms with Gasteiger partial charge in [-0.05, 0) is 61.0 Å². The second-order valence-corrected chi connectivity index (χ2v) is 10.9. The highest BCUT2D eigenvalue weighted by Gasteiger charge is 2.42. The van der Waals surface area contributed by atoms with Gasteiger partial charge in [0.15, 0.2) is 5.17 Å². The number of pyridine rings is 1. The minimum Gasteiger partial charge on any atom is -0.497 e. The Morgan fingerprint density at radius 3 is 2.74 bits per heavy atom. The van der Waals surface area contributed by atoms with E-state index < -0.39 is 0 Å². The highest BCUT2D eigenvalue weighted by molar-refractivity contribution is 8.19. The molecule has 1 aromatic heterocycles. The van der Waals surface area contributed by atoms with E-state index in [2.05, 4.69) is 16.0 Å². The van der Waals surface area contributed by atoms with E-state index in [-0.39, 0.29) is 11.9 Å². The number of aliphatic imine (C=N–C) groups is 1. The van der Waals surface area contributed by atoms with Crippen molar-refractivity contribution in [3.05, 3.63) is 64.7 Å². The third-order valence-electron chi connectivity index (χ3n) is 6.82. The second-order valence-electron chi connectivity index (χ2n) is 8.94. The normalized spacial score (nSPS) is 21.9. The third kappa shape index (κ3) is 3.98. The summed E-state index contributed by atoms with van der Waals surface area (Å²) in [7, 11) is 3.69. The molecule has 0 N–H and O–H groups in total. The van der Waals surface area contributed by atoms with Crippen LogP contribution in [0.1, 0.15) is 32.1 Å². The van der Waals surface area contributed by atoms with Gasteiger partial charge in [0.25, 0.3) is 5.91 Å². The van der Waals surface area contributed by atoms with Crippen LogP contribution in [-0.4, -0.2) is 41.2 Å². The van der Waals surface area contributed by atoms with Gasteiger partial charge in [-0.1, -0.05) is 37.1 Å². The van der Waals surface area contributed by atoms with Crippen molar-refractivity contribution in [1.29, 1.82) is 0 Å². The first-order valence-electron chi connectivity index (χ1n) is 11.9. The molecule has 6 nitrogen and oxygen atoms in total. The first-order valence-corrected chi connectivity index (χ1v) is 13.5. The van der Waals surface area contributed by atoms with Gasteiger partial charge in [-0.25, -0.2) is 4.99 Å². The van der Waals surface area contributed by atoms with Gasteiger partial charge < -0.3 is 9.64 Å². The fraction of sp³-hybridized carbons (Fsp3) is 0.296. The zero-order chi connectivity index (χ0) is 23.9. The summed E-state index contributed by atoms with van der Waals surface area (Å²) in [5.74, 6) is 0.872. The van der Waals surface area contributed by atoms with Crippen LogP contribution in [0.5, 0.6) is 5.75 Å². The summed E-state index contributed by atoms with van der Waals surface area (Å²) in [6.45, 7) is 0. The zero-order valence-electron chi connectivity index (χ0n) is 19.7. The molecular formula is C27H26N4O2S2. The third-order valence-corrected chi connectivity index (χ3v) is 9.23. The average Bonchev–Trinajstić information content (AvgIpc) is 3.40. The first kappa shape index (κ1) is 22.5. The molecule has 0 bridgehead atoms. The fourth-order valence-corrected chi connectivity index (χ4v) is 7.37. The maximum Gasteiger partial charge on any atom is 0.269 e. The van der Waals surface area contributed by atoms with E-state index in [1.54, 1.807) is 25.1 Å². The standard InChI is InChI=1S/C27H26N4O2S2/c1-30-22-16-18(33-2)13-14-23(22)34-26(30)24-25(32)31(17-8-4-3-5-9-17)27(35-24)29-21-12-6-11-20-19(21)10-7-15-28-20/h6-7,10-17H,3-5,8-9H2,1-2H3. The van der Waals surface area contributed by atoms with E-state index in [1.807, 2.05) is 54.4 Å². The first-order chi connectivity index (χ1) is 17.1. The predicted octanol–water partition coefficient (Wildman–Crippen LogP) is 6.55. The molecule has 8 heteroatoms. The van der Waals surface area contributed by atoms with Gasteiger partial charge in [0.1, 0.15) is 10.7 Å². The van der Waals surface area contributed by atoms with Crippen molar-refractivity contribution < 1.29 is 9.53 Å². The van der Waals surface area contributed by atoms with Crippen molar-refractivity contribution >= 4 is 56.9 Å². The lowest BCUT2D eigenvalue weighted by Gasteiger charge is -2.30. The molecule has 3 heterocycles. The number of carbonyl (C=O) groups excluding carboxylic acids is 1. The SMILES string of the molecule is COc1ccc2c(c1)N(C)C(=C1SC(=Nc3cccc4ncccc34)N(C3CCCCC3)C1=O)S2. The Morgan fingerprint density at radius 2 is 1.91 bits per heavy atom. The Balaban J connectivity index is 1.44. The van der Waals surface area contributed by atoms with Gasteiger partial charge in [-0.2, -0.15) is 0 Å². The van der Waals surface area contributed by atoms with Crippen molar-refractivity contribution in [3.8, 4) is 5.75 Å². The van der Waals surface area contributed by atoms with Gasteiger partial charge in [0, 0.05) is 35.6 Å². The van der Waals surface area contributed by atoms with Crippen LogP contribution >= 0.6 is 23.5 Å². The van der Waals surface area contributed by atoms with Crippen LogP contribution in [0.4, 0.5) is 11.4 Å². The number of hydrogen-bond donors (Lipinski definition) is 0. The Bertz CT molecular complexity index is 1380. The predicted molar refractivity (Wildman–Crippen MR) is 144 cm³/mol. The summed E-state index contributed by atoms with van der Waals surface area (Å²) in [5.41, 5.74) is 2.81. The molecular weight excluding hydrogens is 476 g/mol. The van der Waals surface area contributed by atoms with Crippen molar-refractivity contribution in [3.63, 3.8) is 0 Å². The number of carbonyl (C=O) groups is 1. The average molecular weight is 503 g/mol. The summed E-state index contributed by atoms with van der Waals surface area (Å²) >= 11 is 3.14. The lowest BCUT2D eigenvalue weighted by Crippen LogP contribution is -2.40. The zero-order valence-corrected chi connectivity index (χ0v) is 21.4. The Hall–Kier alpha value is -2.97. The van der Waals surface area contributed by atoms with Gasteiger partial charge in [0.05, 0.1) is 29.0 Å². The summed E-state index contributed by atoms with van der Waals surface area (Å²) in [6, 6.07) is 16.2. The van der Waals surface area contributed by atoms with E-state index in [9.17, 15) is 4.79 Å². The molecule has 6 rings (SSSR count). The highest BCUT2D eigenvalue weighted by Crippen LogP contribution is 2.51. The molecule has 3 aromatic rings. The Labute approximate surface area is 213 Å². The number of fused-ring (bicyclic) bond motifs is 2. The number of amides is 1. The molecule has 1 aliphatic carbocycles. The van der Waals surface area contributed by atoms with Gasteiger partial charge in [-0.15, -0.1) is 0 Å². The highest BCUT2D eigenvalue weighted by atomic mass is 32.2. The number of methoxy groups -OCH3 is 1. The number of nitrogens with zero attached hydrogens (tertiary/aromatic N) is 4. The number of thioether (sulfide) groups is 2. The number of amidine groups is 1. The summed E-state index contributed by atoms with van der Waals surface area (Å²) < 4.78 is 5.43. The van der Waals surface area contributed by atoms with Gasteiger partial charge in [-0.3, -0.25) is 14.7 Å². The smallest absolute Gasteiger partial charge is 0.269 e. The molecule has 0 radical (unpaired) electrons. The number of anilines is 1. The molecule has 0 spiro atoms. The van der Waals surface area contributed by atoms with Gasteiger partial charge >= 0.3 is 0 Å². The molecule has 1 saturated heterocycles. The molecule has 1 amide bonds. The van der Waals surface area contributed by atoms with E-state index >= 15 is 0 Å². The van der Waals surface area contributed by atoms with E-state index in [1.165, 1.54) is 18.2 Å². The van der Waals surface area contributed by atoms with E-state index in [0.29, 0.717) is 0 Å². The molecule has 0 unspecified atom stereocenters. The minimum absolute atomic E-state index is 0.0631. The largest absolute Gasteiger partial charge is 0.497 e. The molecule has 178 valence electrons. The number of hydrogen-bond acceptors (Lipinski definition) is 7. The molecule has 2 aliphatic heterocycles. The molecule has 2 fully saturated rings. The monoisotopic (exact) mass is 502 g/mol. The molecule has 35 heavy (non-hydrogen) atoms. The number of ether oxygens (including phenoxy) is 1. The molecule has 2 aromatic carbocycles. The minimum atomic E-state index is 0.0631. The summed E-state index contributed by atoms with van der Waals surface area (Å²) in [6.07, 6.45) is 7.37. The van der Waals surface area contributed by atoms with Crippen LogP contribution in [0.25, 0.3) is 10.9 Å². The number of benzene rings is 2. The van der Waals surface area contributed by atoms with E-state index in [4.69, 9.17) is 9.73 Å². The lowest BCUT2D eigenvalue weighted by molar-refractivity contribution is -0.124. The fourth-order valence-electron chi connectivity index (χ4n) is 4.99. The second kappa shape index (κ2) is 9.24. The maximum absolute atomic E-state index is 14.0. The van der Waals surface area contributed by atoms with Crippen molar-refractivity contribution in [1.82, 2.24) is 9.88 Å². The lowest BCUT2D eigenvalue weighted by atomic mass is 9.94. The van der Waals surface area contributed by atoms with Crippen LogP contribution in [0.15, 0.2) is 74.5 Å². The number of aromatic nitrogens is 1. The summed E-state index contributed by atoms with van der Waals surface area (Å²) in [5, 5.41) is 2.71. The van der Waals surface area contributed by atoms with Crippen LogP contribution in [0.3, 0.4) is 0 Å². The van der Waals surface area contributed by atoms with Crippen LogP contribution in [0.2, 0.25) is 0 Å².